The molecule has 1 saturated heterocycles. The highest BCUT2D eigenvalue weighted by molar-refractivity contribution is 5.76. The summed E-state index contributed by atoms with van der Waals surface area (Å²) in [6.07, 6.45) is 0.875. The van der Waals surface area contributed by atoms with Gasteiger partial charge in [0.1, 0.15) is 0 Å². The van der Waals surface area contributed by atoms with Gasteiger partial charge in [-0.1, -0.05) is 35.5 Å². The van der Waals surface area contributed by atoms with Crippen LogP contribution in [0.3, 0.4) is 0 Å². The van der Waals surface area contributed by atoms with Gasteiger partial charge in [0.15, 0.2) is 5.82 Å². The van der Waals surface area contributed by atoms with Gasteiger partial charge in [-0.05, 0) is 24.9 Å². The number of aryl methyl sites for hydroxylation is 2. The molecule has 0 saturated carbocycles. The van der Waals surface area contributed by atoms with Crippen LogP contribution in [0.1, 0.15) is 29.6 Å². The zero-order chi connectivity index (χ0) is 16.2. The number of aromatic nitrogens is 2. The first-order chi connectivity index (χ1) is 11.2. The van der Waals surface area contributed by atoms with Crippen molar-refractivity contribution in [3.8, 4) is 0 Å². The molecule has 1 aliphatic rings. The summed E-state index contributed by atoms with van der Waals surface area (Å²) in [7, 11) is 0. The molecule has 2 atom stereocenters. The number of nitrogens with zero attached hydrogens (tertiary/aromatic N) is 3. The second-order valence-electron chi connectivity index (χ2n) is 6.05. The van der Waals surface area contributed by atoms with E-state index in [4.69, 9.17) is 10.3 Å². The minimum absolute atomic E-state index is 0.123. The van der Waals surface area contributed by atoms with E-state index in [-0.39, 0.29) is 5.91 Å². The quantitative estimate of drug-likeness (QED) is 0.904. The third-order valence-electron chi connectivity index (χ3n) is 4.45. The molecule has 1 aromatic heterocycles. The van der Waals surface area contributed by atoms with Crippen LogP contribution < -0.4 is 5.73 Å². The van der Waals surface area contributed by atoms with E-state index < -0.39 is 0 Å². The number of benzene rings is 1. The standard InChI is InChI=1S/C17H22N4O2/c1-12-19-16(23-20-12)7-8-17(22)21-10-14(9-18)15(11-21)13-5-3-2-4-6-13/h2-6,14-15H,7-11,18H2,1H3/t14-,15+/m1/s1. The van der Waals surface area contributed by atoms with Gasteiger partial charge in [-0.2, -0.15) is 4.98 Å². The number of hydrogen-bond donors (Lipinski definition) is 1. The summed E-state index contributed by atoms with van der Waals surface area (Å²) in [5, 5.41) is 3.74. The zero-order valence-corrected chi connectivity index (χ0v) is 13.3. The van der Waals surface area contributed by atoms with Crippen molar-refractivity contribution >= 4 is 5.91 Å². The third kappa shape index (κ3) is 3.59. The van der Waals surface area contributed by atoms with Gasteiger partial charge in [0.25, 0.3) is 0 Å². The van der Waals surface area contributed by atoms with Crippen LogP contribution in [0.15, 0.2) is 34.9 Å². The predicted octanol–water partition coefficient (Wildman–Crippen LogP) is 1.51. The Labute approximate surface area is 135 Å². The van der Waals surface area contributed by atoms with E-state index in [1.165, 1.54) is 5.56 Å². The van der Waals surface area contributed by atoms with E-state index in [2.05, 4.69) is 22.3 Å². The summed E-state index contributed by atoms with van der Waals surface area (Å²) in [4.78, 5) is 18.5. The average Bonchev–Trinajstić information content (AvgIpc) is 3.19. The van der Waals surface area contributed by atoms with Crippen molar-refractivity contribution in [2.45, 2.75) is 25.7 Å². The second-order valence-corrected chi connectivity index (χ2v) is 6.05. The molecule has 6 nitrogen and oxygen atoms in total. The van der Waals surface area contributed by atoms with E-state index in [0.29, 0.717) is 42.9 Å². The highest BCUT2D eigenvalue weighted by atomic mass is 16.5. The van der Waals surface area contributed by atoms with Gasteiger partial charge in [-0.25, -0.2) is 0 Å². The first-order valence-corrected chi connectivity index (χ1v) is 7.99. The van der Waals surface area contributed by atoms with Crippen LogP contribution in [0, 0.1) is 12.8 Å². The number of likely N-dealkylation sites (tertiary alicyclic amines) is 1. The van der Waals surface area contributed by atoms with Crippen LogP contribution in [0.25, 0.3) is 0 Å². The molecule has 0 aliphatic carbocycles. The summed E-state index contributed by atoms with van der Waals surface area (Å²) in [5.41, 5.74) is 7.18. The molecule has 2 aromatic rings. The predicted molar refractivity (Wildman–Crippen MR) is 85.7 cm³/mol. The van der Waals surface area contributed by atoms with Crippen LogP contribution in [0.2, 0.25) is 0 Å². The fourth-order valence-corrected chi connectivity index (χ4v) is 3.21. The largest absolute Gasteiger partial charge is 0.342 e. The van der Waals surface area contributed by atoms with Crippen molar-refractivity contribution in [1.29, 1.82) is 0 Å². The Morgan fingerprint density at radius 3 is 2.78 bits per heavy atom. The Morgan fingerprint density at radius 1 is 1.35 bits per heavy atom. The molecule has 0 radical (unpaired) electrons. The average molecular weight is 314 g/mol. The van der Waals surface area contributed by atoms with Crippen LogP contribution in [-0.4, -0.2) is 40.6 Å². The molecule has 0 bridgehead atoms. The van der Waals surface area contributed by atoms with Crippen LogP contribution in [0.5, 0.6) is 0 Å². The molecule has 2 heterocycles. The van der Waals surface area contributed by atoms with Gasteiger partial charge < -0.3 is 15.2 Å². The van der Waals surface area contributed by atoms with E-state index >= 15 is 0 Å². The van der Waals surface area contributed by atoms with Gasteiger partial charge in [-0.3, -0.25) is 4.79 Å². The van der Waals surface area contributed by atoms with Crippen LogP contribution in [-0.2, 0) is 11.2 Å². The molecule has 23 heavy (non-hydrogen) atoms. The lowest BCUT2D eigenvalue weighted by Crippen LogP contribution is -2.30. The summed E-state index contributed by atoms with van der Waals surface area (Å²) in [5.74, 6) is 1.87. The summed E-state index contributed by atoms with van der Waals surface area (Å²) >= 11 is 0. The van der Waals surface area contributed by atoms with Crippen LogP contribution in [0.4, 0.5) is 0 Å². The Morgan fingerprint density at radius 2 is 2.13 bits per heavy atom. The highest BCUT2D eigenvalue weighted by Crippen LogP contribution is 2.32. The van der Waals surface area contributed by atoms with Gasteiger partial charge in [0.05, 0.1) is 0 Å². The van der Waals surface area contributed by atoms with E-state index in [1.54, 1.807) is 6.92 Å². The molecule has 0 unspecified atom stereocenters. The van der Waals surface area contributed by atoms with Crippen molar-refractivity contribution in [3.05, 3.63) is 47.6 Å². The van der Waals surface area contributed by atoms with E-state index in [0.717, 1.165) is 13.1 Å². The van der Waals surface area contributed by atoms with Crippen molar-refractivity contribution in [2.24, 2.45) is 11.7 Å². The molecular weight excluding hydrogens is 292 g/mol. The molecule has 1 fully saturated rings. The van der Waals surface area contributed by atoms with Gasteiger partial charge in [0.2, 0.25) is 11.8 Å². The Bertz CT molecular complexity index is 656. The van der Waals surface area contributed by atoms with Crippen LogP contribution >= 0.6 is 0 Å². The maximum atomic E-state index is 12.5. The lowest BCUT2D eigenvalue weighted by molar-refractivity contribution is -0.130. The lowest BCUT2D eigenvalue weighted by Gasteiger charge is -2.16. The lowest BCUT2D eigenvalue weighted by atomic mass is 9.89. The summed E-state index contributed by atoms with van der Waals surface area (Å²) in [6.45, 7) is 3.81. The number of amides is 1. The number of carbonyl (C=O) groups is 1. The molecule has 3 rings (SSSR count). The normalized spacial score (nSPS) is 20.9. The Balaban J connectivity index is 1.61. The third-order valence-corrected chi connectivity index (χ3v) is 4.45. The number of hydrogen-bond acceptors (Lipinski definition) is 5. The fraction of sp³-hybridized carbons (Fsp3) is 0.471. The maximum absolute atomic E-state index is 12.5. The molecule has 2 N–H and O–H groups in total. The van der Waals surface area contributed by atoms with E-state index in [1.807, 2.05) is 23.1 Å². The minimum atomic E-state index is 0.123. The van der Waals surface area contributed by atoms with E-state index in [9.17, 15) is 4.79 Å². The van der Waals surface area contributed by atoms with Crippen molar-refractivity contribution in [1.82, 2.24) is 15.0 Å². The minimum Gasteiger partial charge on any atom is -0.342 e. The zero-order valence-electron chi connectivity index (χ0n) is 13.3. The van der Waals surface area contributed by atoms with Gasteiger partial charge in [0, 0.05) is 31.8 Å². The monoisotopic (exact) mass is 314 g/mol. The smallest absolute Gasteiger partial charge is 0.227 e. The highest BCUT2D eigenvalue weighted by Gasteiger charge is 2.35. The molecule has 1 aliphatic heterocycles. The SMILES string of the molecule is Cc1noc(CCC(=O)N2C[C@@H](CN)[C@H](c3ccccc3)C2)n1. The molecule has 0 spiro atoms. The van der Waals surface area contributed by atoms with Gasteiger partial charge in [-0.15, -0.1) is 0 Å². The first kappa shape index (κ1) is 15.7. The molecular formula is C17H22N4O2. The Hall–Kier alpha value is -2.21. The molecule has 1 aromatic carbocycles. The van der Waals surface area contributed by atoms with Crippen molar-refractivity contribution < 1.29 is 9.32 Å². The first-order valence-electron chi connectivity index (χ1n) is 7.99. The Kier molecular flexibility index (Phi) is 4.71. The second kappa shape index (κ2) is 6.91. The topological polar surface area (TPSA) is 85.2 Å². The maximum Gasteiger partial charge on any atom is 0.227 e. The van der Waals surface area contributed by atoms with Crippen molar-refractivity contribution in [3.63, 3.8) is 0 Å². The summed E-state index contributed by atoms with van der Waals surface area (Å²) in [6, 6.07) is 10.3. The molecule has 122 valence electrons. The number of nitrogens with two attached hydrogens (primary N) is 1. The molecule has 1 amide bonds. The number of rotatable bonds is 5. The fourth-order valence-electron chi connectivity index (χ4n) is 3.21. The summed E-state index contributed by atoms with van der Waals surface area (Å²) < 4.78 is 5.06. The van der Waals surface area contributed by atoms with Gasteiger partial charge >= 0.3 is 0 Å². The number of carbonyl (C=O) groups excluding carboxylic acids is 1. The van der Waals surface area contributed by atoms with Crippen molar-refractivity contribution in [2.75, 3.05) is 19.6 Å². The molecule has 6 heteroatoms.